The van der Waals surface area contributed by atoms with Gasteiger partial charge in [0.15, 0.2) is 0 Å². The lowest BCUT2D eigenvalue weighted by Crippen LogP contribution is -2.28. The maximum atomic E-state index is 12.6. The smallest absolute Gasteiger partial charge is 0.229 e. The van der Waals surface area contributed by atoms with Gasteiger partial charge in [-0.05, 0) is 35.2 Å². The molecule has 5 heteroatoms. The molecule has 1 heterocycles. The van der Waals surface area contributed by atoms with Gasteiger partial charge in [0, 0.05) is 18.7 Å². The van der Waals surface area contributed by atoms with Gasteiger partial charge in [0.1, 0.15) is 6.07 Å². The summed E-state index contributed by atoms with van der Waals surface area (Å²) in [6.07, 6.45) is 0.145. The zero-order chi connectivity index (χ0) is 19.6. The van der Waals surface area contributed by atoms with E-state index in [1.807, 2.05) is 24.3 Å². The molecule has 0 aliphatic carbocycles. The highest BCUT2D eigenvalue weighted by Gasteiger charge is 2.36. The summed E-state index contributed by atoms with van der Waals surface area (Å²) in [6, 6.07) is 16.8. The Balaban J connectivity index is 1.70. The van der Waals surface area contributed by atoms with Crippen LogP contribution in [0.1, 0.15) is 38.3 Å². The van der Waals surface area contributed by atoms with Crippen LogP contribution in [0.4, 0.5) is 11.4 Å². The van der Waals surface area contributed by atoms with E-state index in [0.717, 1.165) is 5.69 Å². The number of para-hydroxylation sites is 1. The summed E-state index contributed by atoms with van der Waals surface area (Å²) in [5.74, 6) is -0.753. The normalized spacial score (nSPS) is 16.9. The van der Waals surface area contributed by atoms with Crippen LogP contribution < -0.4 is 10.2 Å². The van der Waals surface area contributed by atoms with Crippen LogP contribution in [0.5, 0.6) is 0 Å². The van der Waals surface area contributed by atoms with Crippen LogP contribution in [0, 0.1) is 17.2 Å². The molecule has 0 radical (unpaired) electrons. The molecule has 1 aliphatic heterocycles. The highest BCUT2D eigenvalue weighted by molar-refractivity contribution is 6.04. The highest BCUT2D eigenvalue weighted by atomic mass is 16.2. The minimum atomic E-state index is -0.438. The topological polar surface area (TPSA) is 73.2 Å². The maximum Gasteiger partial charge on any atom is 0.229 e. The Morgan fingerprint density at radius 2 is 1.81 bits per heavy atom. The second kappa shape index (κ2) is 7.24. The molecule has 1 aliphatic rings. The molecule has 1 atom stereocenters. The van der Waals surface area contributed by atoms with Crippen LogP contribution in [0.15, 0.2) is 48.5 Å². The first-order valence-electron chi connectivity index (χ1n) is 9.00. The van der Waals surface area contributed by atoms with Gasteiger partial charge in [-0.25, -0.2) is 0 Å². The molecule has 2 aromatic carbocycles. The number of anilines is 2. The predicted octanol–water partition coefficient (Wildman–Crippen LogP) is 3.85. The summed E-state index contributed by atoms with van der Waals surface area (Å²) in [5.41, 5.74) is 2.96. The van der Waals surface area contributed by atoms with Crippen molar-refractivity contribution >= 4 is 23.2 Å². The Hall–Kier alpha value is -3.13. The van der Waals surface area contributed by atoms with Crippen molar-refractivity contribution in [3.63, 3.8) is 0 Å². The average molecular weight is 361 g/mol. The standard InChI is InChI=1S/C22H23N3O2/c1-22(2,3)17-8-10-18(11-9-17)24-21(27)16-12-20(26)25(14-16)19-7-5-4-6-15(19)13-23/h4-11,16H,12,14H2,1-3H3,(H,24,27). The lowest BCUT2D eigenvalue weighted by atomic mass is 9.87. The van der Waals surface area contributed by atoms with Crippen LogP contribution >= 0.6 is 0 Å². The van der Waals surface area contributed by atoms with Crippen molar-refractivity contribution in [2.45, 2.75) is 32.6 Å². The minimum absolute atomic E-state index is 0.0506. The number of carbonyl (C=O) groups excluding carboxylic acids is 2. The molecule has 2 amide bonds. The van der Waals surface area contributed by atoms with Crippen molar-refractivity contribution in [1.29, 1.82) is 5.26 Å². The van der Waals surface area contributed by atoms with Crippen LogP contribution in [0.25, 0.3) is 0 Å². The Morgan fingerprint density at radius 1 is 1.15 bits per heavy atom. The minimum Gasteiger partial charge on any atom is -0.326 e. The fraction of sp³-hybridized carbons (Fsp3) is 0.318. The quantitative estimate of drug-likeness (QED) is 0.902. The van der Waals surface area contributed by atoms with E-state index in [1.165, 1.54) is 10.5 Å². The second-order valence-corrected chi connectivity index (χ2v) is 7.85. The van der Waals surface area contributed by atoms with Crippen LogP contribution in [0.3, 0.4) is 0 Å². The Labute approximate surface area is 159 Å². The van der Waals surface area contributed by atoms with Gasteiger partial charge < -0.3 is 10.2 Å². The fourth-order valence-corrected chi connectivity index (χ4v) is 3.22. The van der Waals surface area contributed by atoms with Crippen LogP contribution in [-0.2, 0) is 15.0 Å². The average Bonchev–Trinajstić information content (AvgIpc) is 3.03. The molecule has 0 spiro atoms. The summed E-state index contributed by atoms with van der Waals surface area (Å²) in [6.45, 7) is 6.69. The van der Waals surface area contributed by atoms with E-state index in [9.17, 15) is 14.9 Å². The van der Waals surface area contributed by atoms with Crippen LogP contribution in [-0.4, -0.2) is 18.4 Å². The number of nitrogens with zero attached hydrogens (tertiary/aromatic N) is 2. The number of hydrogen-bond donors (Lipinski definition) is 1. The Kier molecular flexibility index (Phi) is 5.00. The van der Waals surface area contributed by atoms with E-state index in [-0.39, 0.29) is 30.2 Å². The van der Waals surface area contributed by atoms with Gasteiger partial charge in [-0.15, -0.1) is 0 Å². The lowest BCUT2D eigenvalue weighted by molar-refractivity contribution is -0.122. The van der Waals surface area contributed by atoms with Crippen molar-refractivity contribution < 1.29 is 9.59 Å². The fourth-order valence-electron chi connectivity index (χ4n) is 3.22. The van der Waals surface area contributed by atoms with Crippen molar-refractivity contribution in [1.82, 2.24) is 0 Å². The Morgan fingerprint density at radius 3 is 2.44 bits per heavy atom. The van der Waals surface area contributed by atoms with E-state index in [1.54, 1.807) is 24.3 Å². The number of nitriles is 1. The first-order valence-corrected chi connectivity index (χ1v) is 9.00. The monoisotopic (exact) mass is 361 g/mol. The summed E-state index contributed by atoms with van der Waals surface area (Å²) < 4.78 is 0. The first kappa shape index (κ1) is 18.7. The summed E-state index contributed by atoms with van der Waals surface area (Å²) >= 11 is 0. The summed E-state index contributed by atoms with van der Waals surface area (Å²) in [4.78, 5) is 26.6. The molecule has 1 unspecified atom stereocenters. The zero-order valence-electron chi connectivity index (χ0n) is 15.8. The van der Waals surface area contributed by atoms with E-state index < -0.39 is 5.92 Å². The molecule has 0 bridgehead atoms. The number of nitrogens with one attached hydrogen (secondary N) is 1. The third-order valence-corrected chi connectivity index (χ3v) is 4.83. The number of rotatable bonds is 3. The third-order valence-electron chi connectivity index (χ3n) is 4.83. The second-order valence-electron chi connectivity index (χ2n) is 7.85. The molecule has 1 fully saturated rings. The molecule has 3 rings (SSSR count). The number of benzene rings is 2. The maximum absolute atomic E-state index is 12.6. The molecular formula is C22H23N3O2. The van der Waals surface area contributed by atoms with Gasteiger partial charge in [0.25, 0.3) is 0 Å². The molecule has 1 N–H and O–H groups in total. The summed E-state index contributed by atoms with van der Waals surface area (Å²) in [5, 5.41) is 12.1. The van der Waals surface area contributed by atoms with Crippen molar-refractivity contribution in [2.75, 3.05) is 16.8 Å². The van der Waals surface area contributed by atoms with Gasteiger partial charge in [0.2, 0.25) is 11.8 Å². The van der Waals surface area contributed by atoms with Crippen molar-refractivity contribution in [3.8, 4) is 6.07 Å². The Bertz CT molecular complexity index is 904. The highest BCUT2D eigenvalue weighted by Crippen LogP contribution is 2.29. The van der Waals surface area contributed by atoms with Gasteiger partial charge in [-0.2, -0.15) is 5.26 Å². The molecule has 2 aromatic rings. The van der Waals surface area contributed by atoms with E-state index in [0.29, 0.717) is 11.3 Å². The van der Waals surface area contributed by atoms with E-state index >= 15 is 0 Å². The predicted molar refractivity (Wildman–Crippen MR) is 105 cm³/mol. The van der Waals surface area contributed by atoms with Crippen LogP contribution in [0.2, 0.25) is 0 Å². The number of carbonyl (C=O) groups is 2. The molecule has 5 nitrogen and oxygen atoms in total. The van der Waals surface area contributed by atoms with Gasteiger partial charge >= 0.3 is 0 Å². The van der Waals surface area contributed by atoms with E-state index in [2.05, 4.69) is 32.2 Å². The zero-order valence-corrected chi connectivity index (χ0v) is 15.8. The van der Waals surface area contributed by atoms with Gasteiger partial charge in [-0.1, -0.05) is 45.0 Å². The SMILES string of the molecule is CC(C)(C)c1ccc(NC(=O)C2CC(=O)N(c3ccccc3C#N)C2)cc1. The number of amides is 2. The lowest BCUT2D eigenvalue weighted by Gasteiger charge is -2.19. The molecule has 1 saturated heterocycles. The van der Waals surface area contributed by atoms with Gasteiger partial charge in [-0.3, -0.25) is 9.59 Å². The summed E-state index contributed by atoms with van der Waals surface area (Å²) in [7, 11) is 0. The molecule has 27 heavy (non-hydrogen) atoms. The number of hydrogen-bond acceptors (Lipinski definition) is 3. The first-order chi connectivity index (χ1) is 12.8. The molecular weight excluding hydrogens is 338 g/mol. The van der Waals surface area contributed by atoms with Crippen molar-refractivity contribution in [2.24, 2.45) is 5.92 Å². The van der Waals surface area contributed by atoms with Gasteiger partial charge in [0.05, 0.1) is 17.2 Å². The molecule has 0 saturated carbocycles. The van der Waals surface area contributed by atoms with E-state index in [4.69, 9.17) is 0 Å². The largest absolute Gasteiger partial charge is 0.326 e. The molecule has 138 valence electrons. The third kappa shape index (κ3) is 4.01. The molecule has 0 aromatic heterocycles. The van der Waals surface area contributed by atoms with Crippen molar-refractivity contribution in [3.05, 3.63) is 59.7 Å².